The number of aliphatic carboxylic acids is 1. The number of carbonyl (C=O) groups is 3. The van der Waals surface area contributed by atoms with Gasteiger partial charge in [-0.3, -0.25) is 14.4 Å². The Morgan fingerprint density at radius 3 is 2.67 bits per heavy atom. The van der Waals surface area contributed by atoms with Crippen LogP contribution in [0.3, 0.4) is 0 Å². The monoisotopic (exact) mass is 290 g/mol. The normalized spacial score (nSPS) is 17.8. The van der Waals surface area contributed by atoms with Crippen LogP contribution in [0.1, 0.15) is 19.3 Å². The minimum Gasteiger partial charge on any atom is -0.481 e. The van der Waals surface area contributed by atoms with Crippen molar-refractivity contribution < 1.29 is 19.5 Å². The van der Waals surface area contributed by atoms with Gasteiger partial charge in [-0.15, -0.1) is 0 Å². The van der Waals surface area contributed by atoms with Gasteiger partial charge in [0.05, 0.1) is 5.92 Å². The maximum Gasteiger partial charge on any atom is 0.303 e. The molecule has 1 aromatic rings. The van der Waals surface area contributed by atoms with Crippen molar-refractivity contribution in [1.82, 2.24) is 5.32 Å². The zero-order chi connectivity index (χ0) is 15.2. The van der Waals surface area contributed by atoms with Gasteiger partial charge in [0.15, 0.2) is 0 Å². The molecule has 2 rings (SSSR count). The third-order valence-corrected chi connectivity index (χ3v) is 3.43. The molecule has 1 atom stereocenters. The van der Waals surface area contributed by atoms with E-state index >= 15 is 0 Å². The Hall–Kier alpha value is -2.37. The topological polar surface area (TPSA) is 86.7 Å². The molecule has 1 aromatic carbocycles. The molecule has 6 heteroatoms. The van der Waals surface area contributed by atoms with Crippen molar-refractivity contribution in [2.45, 2.75) is 19.3 Å². The highest BCUT2D eigenvalue weighted by atomic mass is 16.4. The fourth-order valence-corrected chi connectivity index (χ4v) is 2.34. The predicted octanol–water partition coefficient (Wildman–Crippen LogP) is 1.02. The second-order valence-corrected chi connectivity index (χ2v) is 5.03. The smallest absolute Gasteiger partial charge is 0.303 e. The number of rotatable bonds is 6. The van der Waals surface area contributed by atoms with Crippen molar-refractivity contribution in [3.63, 3.8) is 0 Å². The molecule has 1 aliphatic heterocycles. The Labute approximate surface area is 122 Å². The second-order valence-electron chi connectivity index (χ2n) is 5.03. The van der Waals surface area contributed by atoms with E-state index < -0.39 is 5.97 Å². The van der Waals surface area contributed by atoms with Crippen LogP contribution in [0.2, 0.25) is 0 Å². The van der Waals surface area contributed by atoms with Gasteiger partial charge in [-0.25, -0.2) is 0 Å². The average Bonchev–Trinajstić information content (AvgIpc) is 2.86. The Morgan fingerprint density at radius 2 is 2.00 bits per heavy atom. The third-order valence-electron chi connectivity index (χ3n) is 3.43. The molecule has 0 bridgehead atoms. The molecule has 21 heavy (non-hydrogen) atoms. The molecule has 112 valence electrons. The first-order chi connectivity index (χ1) is 10.1. The van der Waals surface area contributed by atoms with E-state index in [0.717, 1.165) is 5.69 Å². The van der Waals surface area contributed by atoms with Crippen molar-refractivity contribution in [3.05, 3.63) is 30.3 Å². The van der Waals surface area contributed by atoms with Crippen molar-refractivity contribution in [2.24, 2.45) is 5.92 Å². The summed E-state index contributed by atoms with van der Waals surface area (Å²) in [6, 6.07) is 9.25. The summed E-state index contributed by atoms with van der Waals surface area (Å²) in [5, 5.41) is 11.2. The number of nitrogens with one attached hydrogen (secondary N) is 1. The molecular formula is C15H18N2O4. The van der Waals surface area contributed by atoms with Crippen molar-refractivity contribution in [1.29, 1.82) is 0 Å². The van der Waals surface area contributed by atoms with Gasteiger partial charge in [0, 0.05) is 31.6 Å². The zero-order valence-corrected chi connectivity index (χ0v) is 11.6. The number of nitrogens with zero attached hydrogens (tertiary/aromatic N) is 1. The predicted molar refractivity (Wildman–Crippen MR) is 76.8 cm³/mol. The van der Waals surface area contributed by atoms with Gasteiger partial charge in [-0.2, -0.15) is 0 Å². The number of carboxylic acids is 1. The maximum absolute atomic E-state index is 12.0. The standard InChI is InChI=1S/C15H18N2O4/c18-13-9-11(15(21)16-8-4-7-14(19)20)10-17(13)12-5-2-1-3-6-12/h1-3,5-6,11H,4,7-10H2,(H,16,21)(H,19,20)/t11-/m0/s1. The van der Waals surface area contributed by atoms with E-state index in [1.807, 2.05) is 30.3 Å². The Balaban J connectivity index is 1.84. The van der Waals surface area contributed by atoms with Crippen molar-refractivity contribution >= 4 is 23.5 Å². The lowest BCUT2D eigenvalue weighted by Crippen LogP contribution is -2.33. The molecule has 0 radical (unpaired) electrons. The number of carboxylic acid groups (broad SMARTS) is 1. The lowest BCUT2D eigenvalue weighted by Gasteiger charge is -2.16. The van der Waals surface area contributed by atoms with Crippen LogP contribution in [0.4, 0.5) is 5.69 Å². The number of anilines is 1. The fourth-order valence-electron chi connectivity index (χ4n) is 2.34. The summed E-state index contributed by atoms with van der Waals surface area (Å²) >= 11 is 0. The number of benzene rings is 1. The summed E-state index contributed by atoms with van der Waals surface area (Å²) in [6.07, 6.45) is 0.615. The molecular weight excluding hydrogens is 272 g/mol. The molecule has 1 aliphatic rings. The van der Waals surface area contributed by atoms with E-state index in [-0.39, 0.29) is 30.6 Å². The minimum absolute atomic E-state index is 0.0278. The molecule has 0 saturated carbocycles. The second kappa shape index (κ2) is 6.88. The van der Waals surface area contributed by atoms with Gasteiger partial charge in [-0.05, 0) is 18.6 Å². The van der Waals surface area contributed by atoms with E-state index in [0.29, 0.717) is 19.5 Å². The molecule has 2 amide bonds. The average molecular weight is 290 g/mol. The van der Waals surface area contributed by atoms with Gasteiger partial charge in [-0.1, -0.05) is 18.2 Å². The first kappa shape index (κ1) is 15.0. The van der Waals surface area contributed by atoms with Crippen LogP contribution < -0.4 is 10.2 Å². The van der Waals surface area contributed by atoms with Gasteiger partial charge in [0.25, 0.3) is 0 Å². The van der Waals surface area contributed by atoms with Crippen LogP contribution >= 0.6 is 0 Å². The van der Waals surface area contributed by atoms with E-state index in [1.165, 1.54) is 0 Å². The molecule has 6 nitrogen and oxygen atoms in total. The van der Waals surface area contributed by atoms with Crippen LogP contribution in [0.25, 0.3) is 0 Å². The van der Waals surface area contributed by atoms with E-state index in [1.54, 1.807) is 4.90 Å². The fraction of sp³-hybridized carbons (Fsp3) is 0.400. The summed E-state index contributed by atoms with van der Waals surface area (Å²) in [5.41, 5.74) is 0.795. The lowest BCUT2D eigenvalue weighted by molar-refractivity contribution is -0.137. The van der Waals surface area contributed by atoms with Crippen LogP contribution in [-0.2, 0) is 14.4 Å². The van der Waals surface area contributed by atoms with E-state index in [4.69, 9.17) is 5.11 Å². The Morgan fingerprint density at radius 1 is 1.29 bits per heavy atom. The highest BCUT2D eigenvalue weighted by Crippen LogP contribution is 2.24. The Bertz CT molecular complexity index is 530. The number of amides is 2. The van der Waals surface area contributed by atoms with Gasteiger partial charge in [0.2, 0.25) is 11.8 Å². The molecule has 0 aromatic heterocycles. The highest BCUT2D eigenvalue weighted by molar-refractivity contribution is 6.00. The quantitative estimate of drug-likeness (QED) is 0.766. The number of carbonyl (C=O) groups excluding carboxylic acids is 2. The molecule has 0 spiro atoms. The van der Waals surface area contributed by atoms with Crippen LogP contribution in [-0.4, -0.2) is 36.0 Å². The summed E-state index contributed by atoms with van der Waals surface area (Å²) in [4.78, 5) is 35.9. The van der Waals surface area contributed by atoms with Crippen molar-refractivity contribution in [2.75, 3.05) is 18.0 Å². The molecule has 1 saturated heterocycles. The largest absolute Gasteiger partial charge is 0.481 e. The van der Waals surface area contributed by atoms with Gasteiger partial charge < -0.3 is 15.3 Å². The molecule has 1 heterocycles. The third kappa shape index (κ3) is 4.05. The molecule has 0 aliphatic carbocycles. The maximum atomic E-state index is 12.0. The first-order valence-corrected chi connectivity index (χ1v) is 6.93. The first-order valence-electron chi connectivity index (χ1n) is 6.93. The Kier molecular flexibility index (Phi) is 4.92. The van der Waals surface area contributed by atoms with Gasteiger partial charge in [0.1, 0.15) is 0 Å². The van der Waals surface area contributed by atoms with Gasteiger partial charge >= 0.3 is 5.97 Å². The zero-order valence-electron chi connectivity index (χ0n) is 11.6. The van der Waals surface area contributed by atoms with Crippen LogP contribution in [0.5, 0.6) is 0 Å². The summed E-state index contributed by atoms with van der Waals surface area (Å²) < 4.78 is 0. The molecule has 1 fully saturated rings. The minimum atomic E-state index is -0.879. The van der Waals surface area contributed by atoms with Crippen molar-refractivity contribution in [3.8, 4) is 0 Å². The van der Waals surface area contributed by atoms with Crippen LogP contribution in [0, 0.1) is 5.92 Å². The highest BCUT2D eigenvalue weighted by Gasteiger charge is 2.34. The van der Waals surface area contributed by atoms with Crippen LogP contribution in [0.15, 0.2) is 30.3 Å². The summed E-state index contributed by atoms with van der Waals surface area (Å²) in [5.74, 6) is -1.50. The summed E-state index contributed by atoms with van der Waals surface area (Å²) in [6.45, 7) is 0.689. The van der Waals surface area contributed by atoms with E-state index in [2.05, 4.69) is 5.32 Å². The number of para-hydroxylation sites is 1. The molecule has 2 N–H and O–H groups in total. The SMILES string of the molecule is O=C(O)CCCNC(=O)[C@H]1CC(=O)N(c2ccccc2)C1. The summed E-state index contributed by atoms with van der Waals surface area (Å²) in [7, 11) is 0. The lowest BCUT2D eigenvalue weighted by atomic mass is 10.1. The van der Waals surface area contributed by atoms with E-state index in [9.17, 15) is 14.4 Å². The molecule has 0 unspecified atom stereocenters. The number of hydrogen-bond donors (Lipinski definition) is 2. The number of hydrogen-bond acceptors (Lipinski definition) is 3.